The molecule has 3 heteroatoms. The summed E-state index contributed by atoms with van der Waals surface area (Å²) in [6.07, 6.45) is 0. The van der Waals surface area contributed by atoms with Gasteiger partial charge in [-0.2, -0.15) is 0 Å². The molecule has 0 atom stereocenters. The van der Waals surface area contributed by atoms with Gasteiger partial charge in [0, 0.05) is 16.7 Å². The lowest BCUT2D eigenvalue weighted by Gasteiger charge is -2.12. The SMILES string of the molecule is [2H]c1c([2H])c([2H])c2c(-c3cccc(-c4nc(-c5ccc6cc(-c7ccccc7)ccc6c5)nc(-c5ccc6ccc7ccccc7c6c5)n4)c3)c([2H])c([2H])c([2H])c2c1[2H]. The van der Waals surface area contributed by atoms with Crippen LogP contribution in [0.5, 0.6) is 0 Å². The van der Waals surface area contributed by atoms with Crippen LogP contribution < -0.4 is 0 Å². The summed E-state index contributed by atoms with van der Waals surface area (Å²) in [7, 11) is 0. The van der Waals surface area contributed by atoms with E-state index in [1.54, 1.807) is 18.2 Å². The molecule has 3 nitrogen and oxygen atoms in total. The Balaban J connectivity index is 1.17. The van der Waals surface area contributed by atoms with Crippen LogP contribution in [0.15, 0.2) is 188 Å². The molecule has 0 aliphatic carbocycles. The molecule has 0 N–H and O–H groups in total. The van der Waals surface area contributed by atoms with E-state index in [0.717, 1.165) is 54.6 Å². The van der Waals surface area contributed by atoms with Crippen molar-refractivity contribution in [3.63, 3.8) is 0 Å². The van der Waals surface area contributed by atoms with E-state index in [9.17, 15) is 0 Å². The Bertz CT molecular complexity index is 3360. The van der Waals surface area contributed by atoms with Crippen molar-refractivity contribution in [1.29, 1.82) is 0 Å². The second-order valence-electron chi connectivity index (χ2n) is 12.8. The zero-order valence-electron chi connectivity index (χ0n) is 34.7. The second kappa shape index (κ2) is 12.4. The molecule has 0 spiro atoms. The number of benzene rings is 9. The number of aromatic nitrogens is 3. The molecule has 0 unspecified atom stereocenters. The quantitative estimate of drug-likeness (QED) is 0.171. The highest BCUT2D eigenvalue weighted by atomic mass is 15.0. The van der Waals surface area contributed by atoms with Crippen molar-refractivity contribution < 1.29 is 9.60 Å². The molecule has 0 saturated carbocycles. The zero-order valence-corrected chi connectivity index (χ0v) is 27.7. The maximum atomic E-state index is 8.97. The van der Waals surface area contributed by atoms with Crippen LogP contribution in [0.3, 0.4) is 0 Å². The average molecular weight is 669 g/mol. The lowest BCUT2D eigenvalue weighted by Crippen LogP contribution is -2.00. The monoisotopic (exact) mass is 668 g/mol. The highest BCUT2D eigenvalue weighted by Gasteiger charge is 2.15. The fourth-order valence-electron chi connectivity index (χ4n) is 6.94. The molecule has 0 radical (unpaired) electrons. The molecule has 242 valence electrons. The van der Waals surface area contributed by atoms with E-state index < -0.39 is 30.2 Å². The van der Waals surface area contributed by atoms with Crippen molar-refractivity contribution in [2.45, 2.75) is 0 Å². The van der Waals surface area contributed by atoms with Gasteiger partial charge >= 0.3 is 0 Å². The molecule has 1 aromatic heterocycles. The van der Waals surface area contributed by atoms with Gasteiger partial charge in [0.15, 0.2) is 17.5 Å². The van der Waals surface area contributed by atoms with Gasteiger partial charge in [0.25, 0.3) is 0 Å². The highest BCUT2D eigenvalue weighted by Crippen LogP contribution is 2.34. The summed E-state index contributed by atoms with van der Waals surface area (Å²) >= 11 is 0. The lowest BCUT2D eigenvalue weighted by molar-refractivity contribution is 1.08. The van der Waals surface area contributed by atoms with Gasteiger partial charge in [-0.25, -0.2) is 15.0 Å². The first kappa shape index (κ1) is 23.4. The van der Waals surface area contributed by atoms with E-state index in [1.165, 1.54) is 0 Å². The van der Waals surface area contributed by atoms with E-state index >= 15 is 0 Å². The van der Waals surface area contributed by atoms with Gasteiger partial charge in [0.2, 0.25) is 0 Å². The number of hydrogen-bond acceptors (Lipinski definition) is 3. The Kier molecular flexibility index (Phi) is 5.60. The van der Waals surface area contributed by atoms with Gasteiger partial charge in [0.05, 0.1) is 9.60 Å². The highest BCUT2D eigenvalue weighted by molar-refractivity contribution is 6.08. The van der Waals surface area contributed by atoms with Gasteiger partial charge in [0.1, 0.15) is 0 Å². The predicted molar refractivity (Wildman–Crippen MR) is 217 cm³/mol. The first-order valence-electron chi connectivity index (χ1n) is 20.5. The van der Waals surface area contributed by atoms with Crippen molar-refractivity contribution in [3.05, 3.63) is 188 Å². The summed E-state index contributed by atoms with van der Waals surface area (Å²) in [5.41, 5.74) is 4.97. The molecule has 0 fully saturated rings. The van der Waals surface area contributed by atoms with Crippen molar-refractivity contribution in [3.8, 4) is 56.4 Å². The Hall–Kier alpha value is -6.97. The molecule has 0 aliphatic heterocycles. The van der Waals surface area contributed by atoms with Crippen molar-refractivity contribution in [2.75, 3.05) is 0 Å². The third kappa shape index (κ3) is 5.37. The van der Waals surface area contributed by atoms with E-state index in [-0.39, 0.29) is 28.4 Å². The molecular formula is C49H31N3. The number of nitrogens with zero attached hydrogens (tertiary/aromatic N) is 3. The smallest absolute Gasteiger partial charge is 0.164 e. The zero-order chi connectivity index (χ0) is 40.5. The Morgan fingerprint density at radius 2 is 0.865 bits per heavy atom. The van der Waals surface area contributed by atoms with Crippen LogP contribution in [-0.2, 0) is 0 Å². The van der Waals surface area contributed by atoms with E-state index in [1.807, 2.05) is 48.5 Å². The molecule has 10 aromatic rings. The van der Waals surface area contributed by atoms with E-state index in [0.29, 0.717) is 28.6 Å². The summed E-state index contributed by atoms with van der Waals surface area (Å²) in [5.74, 6) is 1.26. The number of hydrogen-bond donors (Lipinski definition) is 0. The van der Waals surface area contributed by atoms with Crippen LogP contribution in [0.1, 0.15) is 9.60 Å². The Morgan fingerprint density at radius 1 is 0.308 bits per heavy atom. The topological polar surface area (TPSA) is 38.7 Å². The van der Waals surface area contributed by atoms with Gasteiger partial charge in [-0.1, -0.05) is 164 Å². The molecule has 9 aromatic carbocycles. The Labute approximate surface area is 311 Å². The molecule has 10 rings (SSSR count). The molecule has 0 amide bonds. The fourth-order valence-corrected chi connectivity index (χ4v) is 6.94. The minimum Gasteiger partial charge on any atom is -0.208 e. The molecule has 0 aliphatic rings. The maximum Gasteiger partial charge on any atom is 0.164 e. The van der Waals surface area contributed by atoms with E-state index in [2.05, 4.69) is 78.9 Å². The molecule has 52 heavy (non-hydrogen) atoms. The number of rotatable bonds is 5. The van der Waals surface area contributed by atoms with Crippen molar-refractivity contribution >= 4 is 43.1 Å². The number of fused-ring (bicyclic) bond motifs is 5. The summed E-state index contributed by atoms with van der Waals surface area (Å²) in [5, 5.41) is 6.40. The summed E-state index contributed by atoms with van der Waals surface area (Å²) in [6.45, 7) is 0. The molecule has 0 saturated heterocycles. The standard InChI is InChI=1S/C49H31N3/c1-2-10-32(11-3-1)36-23-24-38-29-41(27-25-37(38)28-36)48-50-47(40-16-8-15-39(30-40)45-19-9-14-33-12-4-6-17-43(33)45)51-49(52-48)42-26-22-35-21-20-34-13-5-7-18-44(34)46(35)31-42/h1-31H/i4D,6D,9D,12D,14D,17D,19D. The van der Waals surface area contributed by atoms with Crippen molar-refractivity contribution in [2.24, 2.45) is 0 Å². The van der Waals surface area contributed by atoms with E-state index in [4.69, 9.17) is 24.5 Å². The van der Waals surface area contributed by atoms with Crippen LogP contribution in [0.25, 0.3) is 99.5 Å². The normalized spacial score (nSPS) is 13.3. The molecule has 1 heterocycles. The predicted octanol–water partition coefficient (Wildman–Crippen LogP) is 12.8. The van der Waals surface area contributed by atoms with Crippen LogP contribution >= 0.6 is 0 Å². The van der Waals surface area contributed by atoms with Crippen molar-refractivity contribution in [1.82, 2.24) is 15.0 Å². The first-order chi connectivity index (χ1) is 28.6. The third-order valence-electron chi connectivity index (χ3n) is 9.57. The third-order valence-corrected chi connectivity index (χ3v) is 9.57. The van der Waals surface area contributed by atoms with Crippen LogP contribution in [0.4, 0.5) is 0 Å². The van der Waals surface area contributed by atoms with Crippen LogP contribution in [-0.4, -0.2) is 15.0 Å². The summed E-state index contributed by atoms with van der Waals surface area (Å²) in [4.78, 5) is 15.2. The molecular weight excluding hydrogens is 631 g/mol. The van der Waals surface area contributed by atoms with Crippen LogP contribution in [0, 0.1) is 0 Å². The fraction of sp³-hybridized carbons (Fsp3) is 0. The lowest BCUT2D eigenvalue weighted by atomic mass is 9.97. The summed E-state index contributed by atoms with van der Waals surface area (Å²) < 4.78 is 60.3. The maximum absolute atomic E-state index is 8.97. The summed E-state index contributed by atoms with van der Waals surface area (Å²) in [6, 6.07) is 45.6. The van der Waals surface area contributed by atoms with Gasteiger partial charge in [-0.3, -0.25) is 0 Å². The largest absolute Gasteiger partial charge is 0.208 e. The molecule has 0 bridgehead atoms. The first-order valence-corrected chi connectivity index (χ1v) is 17.0. The van der Waals surface area contributed by atoms with Gasteiger partial charge < -0.3 is 0 Å². The Morgan fingerprint density at radius 3 is 1.67 bits per heavy atom. The minimum atomic E-state index is -0.495. The van der Waals surface area contributed by atoms with Gasteiger partial charge in [-0.15, -0.1) is 0 Å². The van der Waals surface area contributed by atoms with Gasteiger partial charge in [-0.05, 0) is 89.6 Å². The average Bonchev–Trinajstić information content (AvgIpc) is 3.28. The minimum absolute atomic E-state index is 0.0196. The second-order valence-corrected chi connectivity index (χ2v) is 12.8. The van der Waals surface area contributed by atoms with Crippen LogP contribution in [0.2, 0.25) is 0 Å².